The van der Waals surface area contributed by atoms with Crippen LogP contribution in [0, 0.1) is 22.7 Å². The lowest BCUT2D eigenvalue weighted by molar-refractivity contribution is 0.0635. The Balaban J connectivity index is 2.90. The number of rotatable bonds is 1. The van der Waals surface area contributed by atoms with E-state index in [2.05, 4.69) is 10.3 Å². The predicted molar refractivity (Wildman–Crippen MR) is 63.5 cm³/mol. The van der Waals surface area contributed by atoms with Crippen molar-refractivity contribution in [1.82, 2.24) is 4.98 Å². The molecule has 0 aliphatic carbocycles. The maximum atomic E-state index is 11.5. The number of amides is 1. The zero-order valence-electron chi connectivity index (χ0n) is 10.3. The molecule has 0 unspecified atom stereocenters. The summed E-state index contributed by atoms with van der Waals surface area (Å²) in [6, 6.07) is 5.06. The Labute approximate surface area is 105 Å². The van der Waals surface area contributed by atoms with Crippen LogP contribution in [0.5, 0.6) is 0 Å². The first-order chi connectivity index (χ1) is 8.35. The van der Waals surface area contributed by atoms with E-state index in [-0.39, 0.29) is 16.9 Å². The number of nitrogens with one attached hydrogen (secondary N) is 1. The fraction of sp³-hybridized carbons (Fsp3) is 0.333. The summed E-state index contributed by atoms with van der Waals surface area (Å²) in [5.74, 6) is 0.0748. The molecule has 0 aromatic carbocycles. The number of pyridine rings is 1. The van der Waals surface area contributed by atoms with Crippen LogP contribution < -0.4 is 5.32 Å². The van der Waals surface area contributed by atoms with Gasteiger partial charge >= 0.3 is 6.09 Å². The Kier molecular flexibility index (Phi) is 3.85. The highest BCUT2D eigenvalue weighted by molar-refractivity contribution is 5.85. The quantitative estimate of drug-likeness (QED) is 0.816. The van der Waals surface area contributed by atoms with Crippen molar-refractivity contribution >= 4 is 11.9 Å². The van der Waals surface area contributed by atoms with Crippen molar-refractivity contribution in [2.45, 2.75) is 26.4 Å². The van der Waals surface area contributed by atoms with Crippen LogP contribution in [-0.2, 0) is 4.74 Å². The highest BCUT2D eigenvalue weighted by Gasteiger charge is 2.17. The Bertz CT molecular complexity index is 547. The lowest BCUT2D eigenvalue weighted by atomic mass is 10.2. The molecule has 6 nitrogen and oxygen atoms in total. The average Bonchev–Trinajstić information content (AvgIpc) is 2.27. The van der Waals surface area contributed by atoms with Crippen molar-refractivity contribution < 1.29 is 9.53 Å². The van der Waals surface area contributed by atoms with Gasteiger partial charge in [0.05, 0.1) is 11.1 Å². The van der Waals surface area contributed by atoms with Crippen molar-refractivity contribution in [2.75, 3.05) is 5.32 Å². The summed E-state index contributed by atoms with van der Waals surface area (Å²) in [6.45, 7) is 5.18. The second-order valence-electron chi connectivity index (χ2n) is 4.47. The van der Waals surface area contributed by atoms with Gasteiger partial charge in [0.25, 0.3) is 0 Å². The average molecular weight is 244 g/mol. The van der Waals surface area contributed by atoms with E-state index < -0.39 is 11.7 Å². The molecule has 1 aromatic rings. The van der Waals surface area contributed by atoms with Crippen LogP contribution in [-0.4, -0.2) is 16.7 Å². The molecule has 0 fully saturated rings. The van der Waals surface area contributed by atoms with Crippen LogP contribution in [0.15, 0.2) is 12.3 Å². The number of nitrogens with zero attached hydrogens (tertiary/aromatic N) is 3. The molecule has 1 heterocycles. The molecule has 18 heavy (non-hydrogen) atoms. The Morgan fingerprint density at radius 1 is 1.39 bits per heavy atom. The van der Waals surface area contributed by atoms with Gasteiger partial charge in [0.15, 0.2) is 5.82 Å². The third-order valence-corrected chi connectivity index (χ3v) is 1.76. The van der Waals surface area contributed by atoms with Crippen LogP contribution >= 0.6 is 0 Å². The van der Waals surface area contributed by atoms with E-state index in [1.807, 2.05) is 12.1 Å². The predicted octanol–water partition coefficient (Wildman–Crippen LogP) is 2.17. The summed E-state index contributed by atoms with van der Waals surface area (Å²) in [4.78, 5) is 15.3. The molecule has 6 heteroatoms. The van der Waals surface area contributed by atoms with E-state index in [0.29, 0.717) is 0 Å². The van der Waals surface area contributed by atoms with Crippen molar-refractivity contribution in [2.24, 2.45) is 0 Å². The molecule has 92 valence electrons. The fourth-order valence-electron chi connectivity index (χ4n) is 1.11. The third kappa shape index (κ3) is 3.76. The standard InChI is InChI=1S/C12H12N4O2/c1-12(2,3)18-11(17)16-10-9(6-14)4-8(5-13)7-15-10/h4,7H,1-3H3,(H,15,16,17). The van der Waals surface area contributed by atoms with Crippen LogP contribution in [0.2, 0.25) is 0 Å². The molecule has 0 saturated carbocycles. The van der Waals surface area contributed by atoms with Gasteiger partial charge in [0.1, 0.15) is 17.7 Å². The first-order valence-corrected chi connectivity index (χ1v) is 5.16. The molecule has 1 rings (SSSR count). The number of anilines is 1. The summed E-state index contributed by atoms with van der Waals surface area (Å²) >= 11 is 0. The number of hydrogen-bond acceptors (Lipinski definition) is 5. The van der Waals surface area contributed by atoms with E-state index in [1.54, 1.807) is 20.8 Å². The highest BCUT2D eigenvalue weighted by atomic mass is 16.6. The minimum atomic E-state index is -0.698. The lowest BCUT2D eigenvalue weighted by Gasteiger charge is -2.19. The molecule has 0 radical (unpaired) electrons. The topological polar surface area (TPSA) is 98.8 Å². The van der Waals surface area contributed by atoms with Crippen LogP contribution in [0.25, 0.3) is 0 Å². The summed E-state index contributed by atoms with van der Waals surface area (Å²) < 4.78 is 5.03. The molecular weight excluding hydrogens is 232 g/mol. The highest BCUT2D eigenvalue weighted by Crippen LogP contribution is 2.14. The molecule has 0 bridgehead atoms. The monoisotopic (exact) mass is 244 g/mol. The minimum Gasteiger partial charge on any atom is -0.444 e. The summed E-state index contributed by atoms with van der Waals surface area (Å²) in [5.41, 5.74) is -0.273. The molecule has 0 aliphatic heterocycles. The Hall–Kier alpha value is -2.60. The number of hydrogen-bond donors (Lipinski definition) is 1. The minimum absolute atomic E-state index is 0.0748. The van der Waals surface area contributed by atoms with E-state index in [9.17, 15) is 4.79 Å². The number of nitriles is 2. The first kappa shape index (κ1) is 13.5. The zero-order valence-corrected chi connectivity index (χ0v) is 10.3. The van der Waals surface area contributed by atoms with E-state index in [0.717, 1.165) is 0 Å². The molecule has 0 aliphatic rings. The summed E-state index contributed by atoms with van der Waals surface area (Å²) in [7, 11) is 0. The van der Waals surface area contributed by atoms with Crippen LogP contribution in [0.3, 0.4) is 0 Å². The van der Waals surface area contributed by atoms with Crippen LogP contribution in [0.1, 0.15) is 31.9 Å². The van der Waals surface area contributed by atoms with Gasteiger partial charge in [-0.15, -0.1) is 0 Å². The maximum absolute atomic E-state index is 11.5. The molecule has 0 saturated heterocycles. The Morgan fingerprint density at radius 3 is 2.56 bits per heavy atom. The molecule has 1 aromatic heterocycles. The number of carbonyl (C=O) groups is 1. The fourth-order valence-corrected chi connectivity index (χ4v) is 1.11. The normalized spacial score (nSPS) is 10.1. The smallest absolute Gasteiger partial charge is 0.413 e. The van der Waals surface area contributed by atoms with E-state index >= 15 is 0 Å². The van der Waals surface area contributed by atoms with Crippen molar-refractivity contribution in [3.63, 3.8) is 0 Å². The van der Waals surface area contributed by atoms with Gasteiger partial charge in [-0.1, -0.05) is 0 Å². The zero-order chi connectivity index (χ0) is 13.8. The summed E-state index contributed by atoms with van der Waals surface area (Å²) in [5, 5.41) is 19.9. The van der Waals surface area contributed by atoms with Crippen molar-refractivity contribution in [1.29, 1.82) is 10.5 Å². The van der Waals surface area contributed by atoms with E-state index in [4.69, 9.17) is 15.3 Å². The molecule has 1 N–H and O–H groups in total. The SMILES string of the molecule is CC(C)(C)OC(=O)Nc1ncc(C#N)cc1C#N. The van der Waals surface area contributed by atoms with Gasteiger partial charge in [0, 0.05) is 6.20 Å². The molecule has 0 atom stereocenters. The number of carbonyl (C=O) groups excluding carboxylic acids is 1. The van der Waals surface area contributed by atoms with Gasteiger partial charge in [-0.2, -0.15) is 10.5 Å². The van der Waals surface area contributed by atoms with E-state index in [1.165, 1.54) is 12.3 Å². The summed E-state index contributed by atoms with van der Waals surface area (Å²) in [6.07, 6.45) is 0.573. The Morgan fingerprint density at radius 2 is 2.06 bits per heavy atom. The molecule has 1 amide bonds. The van der Waals surface area contributed by atoms with Gasteiger partial charge in [0.2, 0.25) is 0 Å². The van der Waals surface area contributed by atoms with Crippen molar-refractivity contribution in [3.05, 3.63) is 23.4 Å². The lowest BCUT2D eigenvalue weighted by Crippen LogP contribution is -2.27. The molecular formula is C12H12N4O2. The third-order valence-electron chi connectivity index (χ3n) is 1.76. The van der Waals surface area contributed by atoms with Gasteiger partial charge in [-0.3, -0.25) is 5.32 Å². The molecule has 0 spiro atoms. The van der Waals surface area contributed by atoms with Gasteiger partial charge in [-0.25, -0.2) is 9.78 Å². The van der Waals surface area contributed by atoms with Gasteiger partial charge in [-0.05, 0) is 26.8 Å². The second kappa shape index (κ2) is 5.15. The number of aromatic nitrogens is 1. The maximum Gasteiger partial charge on any atom is 0.413 e. The second-order valence-corrected chi connectivity index (χ2v) is 4.47. The van der Waals surface area contributed by atoms with Crippen LogP contribution in [0.4, 0.5) is 10.6 Å². The largest absolute Gasteiger partial charge is 0.444 e. The number of ether oxygens (including phenoxy) is 1. The van der Waals surface area contributed by atoms with Crippen molar-refractivity contribution in [3.8, 4) is 12.1 Å². The van der Waals surface area contributed by atoms with Gasteiger partial charge < -0.3 is 4.74 Å². The first-order valence-electron chi connectivity index (χ1n) is 5.16.